The van der Waals surface area contributed by atoms with Gasteiger partial charge in [-0.1, -0.05) is 18.2 Å². The number of benzene rings is 1. The summed E-state index contributed by atoms with van der Waals surface area (Å²) in [5.41, 5.74) is 1.49. The average molecular weight is 330 g/mol. The predicted octanol–water partition coefficient (Wildman–Crippen LogP) is 2.03. The molecule has 0 amide bonds. The fourth-order valence-electron chi connectivity index (χ4n) is 3.39. The number of carbonyl (C=O) groups excluding carboxylic acids is 2. The Balaban J connectivity index is 2.13. The van der Waals surface area contributed by atoms with Crippen LogP contribution in [-0.4, -0.2) is 36.7 Å². The molecule has 0 saturated carbocycles. The number of para-hydroxylation sites is 1. The molecule has 128 valence electrons. The van der Waals surface area contributed by atoms with E-state index in [4.69, 9.17) is 9.47 Å². The van der Waals surface area contributed by atoms with Crippen LogP contribution in [0.4, 0.5) is 0 Å². The molecule has 1 atom stereocenters. The van der Waals surface area contributed by atoms with Crippen LogP contribution in [0.2, 0.25) is 0 Å². The molecule has 3 rings (SSSR count). The lowest BCUT2D eigenvalue weighted by Gasteiger charge is -2.35. The molecular formula is C18H22N2O4. The van der Waals surface area contributed by atoms with Crippen LogP contribution in [0, 0.1) is 0 Å². The molecule has 2 aromatic rings. The lowest BCUT2D eigenvalue weighted by molar-refractivity contribution is -0.159. The van der Waals surface area contributed by atoms with Crippen LogP contribution in [0.5, 0.6) is 0 Å². The number of esters is 2. The Hall–Kier alpha value is -2.34. The number of aromatic amines is 1. The second-order valence-corrected chi connectivity index (χ2v) is 5.81. The maximum absolute atomic E-state index is 12.8. The zero-order valence-corrected chi connectivity index (χ0v) is 14.0. The zero-order chi connectivity index (χ0) is 17.2. The van der Waals surface area contributed by atoms with E-state index in [0.29, 0.717) is 12.2 Å². The smallest absolute Gasteiger partial charge is 0.333 e. The molecule has 24 heavy (non-hydrogen) atoms. The van der Waals surface area contributed by atoms with E-state index in [0.717, 1.165) is 22.9 Å². The summed E-state index contributed by atoms with van der Waals surface area (Å²) in [5, 5.41) is 4.29. The summed E-state index contributed by atoms with van der Waals surface area (Å²) >= 11 is 0. The van der Waals surface area contributed by atoms with Gasteiger partial charge in [-0.05, 0) is 31.9 Å². The van der Waals surface area contributed by atoms with Crippen LogP contribution in [0.25, 0.3) is 10.9 Å². The van der Waals surface area contributed by atoms with Crippen molar-refractivity contribution in [2.24, 2.45) is 0 Å². The quantitative estimate of drug-likeness (QED) is 0.820. The van der Waals surface area contributed by atoms with Crippen molar-refractivity contribution in [1.82, 2.24) is 10.3 Å². The first-order valence-electron chi connectivity index (χ1n) is 8.30. The van der Waals surface area contributed by atoms with Gasteiger partial charge in [0.25, 0.3) is 0 Å². The number of H-pyrrole nitrogens is 1. The Morgan fingerprint density at radius 3 is 2.67 bits per heavy atom. The second-order valence-electron chi connectivity index (χ2n) is 5.81. The van der Waals surface area contributed by atoms with Crippen molar-refractivity contribution < 1.29 is 19.1 Å². The van der Waals surface area contributed by atoms with Crippen molar-refractivity contribution in [3.63, 3.8) is 0 Å². The summed E-state index contributed by atoms with van der Waals surface area (Å²) in [6.45, 7) is 4.62. The molecule has 0 saturated heterocycles. The van der Waals surface area contributed by atoms with Crippen LogP contribution in [0.15, 0.2) is 24.3 Å². The number of fused-ring (bicyclic) bond motifs is 3. The van der Waals surface area contributed by atoms with Crippen molar-refractivity contribution in [2.45, 2.75) is 32.2 Å². The van der Waals surface area contributed by atoms with E-state index in [2.05, 4.69) is 10.3 Å². The van der Waals surface area contributed by atoms with E-state index in [9.17, 15) is 9.59 Å². The molecule has 0 radical (unpaired) electrons. The third-order valence-corrected chi connectivity index (χ3v) is 4.38. The molecule has 0 spiro atoms. The summed E-state index contributed by atoms with van der Waals surface area (Å²) in [5.74, 6) is -0.880. The van der Waals surface area contributed by atoms with Crippen LogP contribution >= 0.6 is 0 Å². The maximum atomic E-state index is 12.8. The Morgan fingerprint density at radius 2 is 1.92 bits per heavy atom. The molecule has 1 aromatic carbocycles. The van der Waals surface area contributed by atoms with Gasteiger partial charge in [0, 0.05) is 17.4 Å². The molecule has 0 aliphatic carbocycles. The summed E-state index contributed by atoms with van der Waals surface area (Å²) in [7, 11) is 0. The molecular weight excluding hydrogens is 308 g/mol. The van der Waals surface area contributed by atoms with E-state index < -0.39 is 17.5 Å². The monoisotopic (exact) mass is 330 g/mol. The lowest BCUT2D eigenvalue weighted by atomic mass is 9.84. The predicted molar refractivity (Wildman–Crippen MR) is 89.6 cm³/mol. The van der Waals surface area contributed by atoms with Crippen LogP contribution < -0.4 is 5.32 Å². The lowest BCUT2D eigenvalue weighted by Crippen LogP contribution is -2.55. The van der Waals surface area contributed by atoms with Crippen LogP contribution in [0.1, 0.15) is 31.5 Å². The van der Waals surface area contributed by atoms with Crippen LogP contribution in [-0.2, 0) is 31.0 Å². The number of ether oxygens (including phenoxy) is 2. The van der Waals surface area contributed by atoms with Gasteiger partial charge >= 0.3 is 11.9 Å². The van der Waals surface area contributed by atoms with Gasteiger partial charge in [0.1, 0.15) is 0 Å². The summed E-state index contributed by atoms with van der Waals surface area (Å²) in [6, 6.07) is 7.90. The zero-order valence-electron chi connectivity index (χ0n) is 14.0. The van der Waals surface area contributed by atoms with Gasteiger partial charge in [-0.15, -0.1) is 0 Å². The van der Waals surface area contributed by atoms with Gasteiger partial charge in [-0.25, -0.2) is 4.79 Å². The first kappa shape index (κ1) is 16.5. The number of rotatable bonds is 5. The van der Waals surface area contributed by atoms with Crippen molar-refractivity contribution in [3.05, 3.63) is 35.5 Å². The molecule has 1 aliphatic rings. The van der Waals surface area contributed by atoms with Crippen molar-refractivity contribution in [2.75, 3.05) is 19.8 Å². The molecule has 2 heterocycles. The number of carbonyl (C=O) groups is 2. The molecule has 0 fully saturated rings. The molecule has 0 bridgehead atoms. The highest BCUT2D eigenvalue weighted by Crippen LogP contribution is 2.37. The van der Waals surface area contributed by atoms with E-state index >= 15 is 0 Å². The molecule has 1 unspecified atom stereocenters. The Kier molecular flexibility index (Phi) is 4.57. The van der Waals surface area contributed by atoms with E-state index in [-0.39, 0.29) is 19.6 Å². The summed E-state index contributed by atoms with van der Waals surface area (Å²) in [4.78, 5) is 28.3. The third-order valence-electron chi connectivity index (χ3n) is 4.38. The van der Waals surface area contributed by atoms with Crippen LogP contribution in [0.3, 0.4) is 0 Å². The van der Waals surface area contributed by atoms with E-state index in [1.54, 1.807) is 13.8 Å². The SMILES string of the molecule is CCOC(=O)CC1(C(=O)OCC)NCCc2c1[nH]c1ccccc21. The van der Waals surface area contributed by atoms with E-state index in [1.807, 2.05) is 24.3 Å². The normalized spacial score (nSPS) is 19.8. The third kappa shape index (κ3) is 2.67. The first-order valence-corrected chi connectivity index (χ1v) is 8.30. The summed E-state index contributed by atoms with van der Waals surface area (Å²) < 4.78 is 10.4. The van der Waals surface area contributed by atoms with Gasteiger partial charge in [0.2, 0.25) is 0 Å². The molecule has 2 N–H and O–H groups in total. The van der Waals surface area contributed by atoms with Crippen molar-refractivity contribution in [1.29, 1.82) is 0 Å². The highest BCUT2D eigenvalue weighted by Gasteiger charge is 2.48. The molecule has 6 heteroatoms. The first-order chi connectivity index (χ1) is 11.6. The number of aromatic nitrogens is 1. The van der Waals surface area contributed by atoms with Gasteiger partial charge < -0.3 is 14.5 Å². The number of hydrogen-bond donors (Lipinski definition) is 2. The van der Waals surface area contributed by atoms with Crippen molar-refractivity contribution in [3.8, 4) is 0 Å². The van der Waals surface area contributed by atoms with Gasteiger partial charge in [0.15, 0.2) is 5.54 Å². The molecule has 1 aromatic heterocycles. The Labute approximate surface area is 140 Å². The van der Waals surface area contributed by atoms with Crippen molar-refractivity contribution >= 4 is 22.8 Å². The molecule has 1 aliphatic heterocycles. The minimum atomic E-state index is -1.23. The second kappa shape index (κ2) is 6.65. The minimum absolute atomic E-state index is 0.0977. The summed E-state index contributed by atoms with van der Waals surface area (Å²) in [6.07, 6.45) is 0.683. The fraction of sp³-hybridized carbons (Fsp3) is 0.444. The Bertz CT molecular complexity index is 767. The highest BCUT2D eigenvalue weighted by atomic mass is 16.5. The maximum Gasteiger partial charge on any atom is 0.333 e. The van der Waals surface area contributed by atoms with Gasteiger partial charge in [-0.2, -0.15) is 0 Å². The highest BCUT2D eigenvalue weighted by molar-refractivity contribution is 5.93. The Morgan fingerprint density at radius 1 is 1.17 bits per heavy atom. The largest absolute Gasteiger partial charge is 0.466 e. The average Bonchev–Trinajstić information content (AvgIpc) is 2.95. The standard InChI is InChI=1S/C18H22N2O4/c1-3-23-15(21)11-18(17(22)24-4-2)16-13(9-10-19-18)12-7-5-6-8-14(12)20-16/h5-8,19-20H,3-4,9-11H2,1-2H3. The van der Waals surface area contributed by atoms with Gasteiger partial charge in [0.05, 0.1) is 25.3 Å². The topological polar surface area (TPSA) is 80.4 Å². The number of nitrogens with one attached hydrogen (secondary N) is 2. The fourth-order valence-corrected chi connectivity index (χ4v) is 3.39. The molecule has 6 nitrogen and oxygen atoms in total. The minimum Gasteiger partial charge on any atom is -0.466 e. The van der Waals surface area contributed by atoms with E-state index in [1.165, 1.54) is 0 Å². The number of hydrogen-bond acceptors (Lipinski definition) is 5. The van der Waals surface area contributed by atoms with Gasteiger partial charge in [-0.3, -0.25) is 10.1 Å².